The van der Waals surface area contributed by atoms with Crippen LogP contribution in [0.5, 0.6) is 5.75 Å². The zero-order valence-electron chi connectivity index (χ0n) is 17.9. The molecule has 0 bridgehead atoms. The third kappa shape index (κ3) is 5.12. The smallest absolute Gasteiger partial charge is 0.341 e. The first-order valence-electron chi connectivity index (χ1n) is 10.4. The van der Waals surface area contributed by atoms with Gasteiger partial charge in [-0.05, 0) is 61.7 Å². The molecule has 174 valence electrons. The number of fused-ring (bicyclic) bond motifs is 1. The minimum absolute atomic E-state index is 0.0236. The first-order valence-corrected chi connectivity index (χ1v) is 12.3. The summed E-state index contributed by atoms with van der Waals surface area (Å²) in [5.74, 6) is 0.715. The minimum atomic E-state index is -3.91. The lowest BCUT2D eigenvalue weighted by molar-refractivity contribution is -0.139. The van der Waals surface area contributed by atoms with Crippen LogP contribution in [0.3, 0.4) is 0 Å². The Hall–Kier alpha value is -3.11. The summed E-state index contributed by atoms with van der Waals surface area (Å²) in [6.07, 6.45) is 4.05. The van der Waals surface area contributed by atoms with Gasteiger partial charge in [0.05, 0.1) is 9.92 Å². The Morgan fingerprint density at radius 2 is 2.00 bits per heavy atom. The van der Waals surface area contributed by atoms with Crippen LogP contribution in [0.25, 0.3) is 11.4 Å². The van der Waals surface area contributed by atoms with Crippen LogP contribution in [0.1, 0.15) is 30.7 Å². The van der Waals surface area contributed by atoms with Crippen molar-refractivity contribution < 1.29 is 23.1 Å². The summed E-state index contributed by atoms with van der Waals surface area (Å²) in [4.78, 5) is 10.7. The molecule has 11 heteroatoms. The van der Waals surface area contributed by atoms with Crippen molar-refractivity contribution in [3.63, 3.8) is 0 Å². The number of ether oxygens (including phenoxy) is 1. The maximum absolute atomic E-state index is 13.0. The maximum atomic E-state index is 13.0. The molecule has 4 rings (SSSR count). The van der Waals surface area contributed by atoms with Gasteiger partial charge in [0.2, 0.25) is 0 Å². The highest BCUT2D eigenvalue weighted by Gasteiger charge is 2.20. The van der Waals surface area contributed by atoms with Crippen LogP contribution in [0.2, 0.25) is 5.02 Å². The van der Waals surface area contributed by atoms with Crippen molar-refractivity contribution in [1.29, 1.82) is 0 Å². The lowest BCUT2D eigenvalue weighted by Crippen LogP contribution is -2.14. The van der Waals surface area contributed by atoms with Gasteiger partial charge in [0.25, 0.3) is 10.0 Å². The van der Waals surface area contributed by atoms with E-state index >= 15 is 0 Å². The molecule has 1 aromatic heterocycles. The van der Waals surface area contributed by atoms with Crippen LogP contribution in [0.15, 0.2) is 41.3 Å². The highest BCUT2D eigenvalue weighted by Crippen LogP contribution is 2.32. The largest absolute Gasteiger partial charge is 0.482 e. The molecule has 0 saturated carbocycles. The molecule has 2 N–H and O–H groups in total. The summed E-state index contributed by atoms with van der Waals surface area (Å²) >= 11 is 6.44. The molecule has 2 aromatic carbocycles. The number of nitrogens with one attached hydrogen (secondary N) is 1. The van der Waals surface area contributed by atoms with Crippen molar-refractivity contribution in [2.24, 2.45) is 0 Å². The van der Waals surface area contributed by atoms with E-state index in [2.05, 4.69) is 14.9 Å². The predicted molar refractivity (Wildman–Crippen MR) is 123 cm³/mol. The third-order valence-corrected chi connectivity index (χ3v) is 7.09. The van der Waals surface area contributed by atoms with Crippen LogP contribution in [0.4, 0.5) is 5.69 Å². The number of sulfonamides is 1. The van der Waals surface area contributed by atoms with Gasteiger partial charge >= 0.3 is 5.97 Å². The number of carbonyl (C=O) groups is 1. The second kappa shape index (κ2) is 9.40. The van der Waals surface area contributed by atoms with Gasteiger partial charge in [0.1, 0.15) is 11.6 Å². The van der Waals surface area contributed by atoms with E-state index in [9.17, 15) is 13.2 Å². The number of benzene rings is 2. The highest BCUT2D eigenvalue weighted by atomic mass is 35.5. The summed E-state index contributed by atoms with van der Waals surface area (Å²) in [6, 6.07) is 9.09. The Kier molecular flexibility index (Phi) is 6.57. The van der Waals surface area contributed by atoms with Crippen LogP contribution in [-0.4, -0.2) is 40.9 Å². The molecule has 0 fully saturated rings. The van der Waals surface area contributed by atoms with Gasteiger partial charge in [0, 0.05) is 24.2 Å². The first kappa shape index (κ1) is 23.1. The van der Waals surface area contributed by atoms with E-state index in [1.54, 1.807) is 25.1 Å². The zero-order valence-corrected chi connectivity index (χ0v) is 19.5. The van der Waals surface area contributed by atoms with E-state index in [0.717, 1.165) is 38.1 Å². The number of rotatable bonds is 7. The van der Waals surface area contributed by atoms with E-state index in [1.807, 2.05) is 4.57 Å². The fraction of sp³-hybridized carbons (Fsp3) is 0.318. The Balaban J connectivity index is 1.60. The van der Waals surface area contributed by atoms with E-state index in [4.69, 9.17) is 21.4 Å². The molecule has 1 aliphatic rings. The Bertz CT molecular complexity index is 1310. The van der Waals surface area contributed by atoms with Gasteiger partial charge in [-0.15, -0.1) is 10.2 Å². The van der Waals surface area contributed by atoms with Gasteiger partial charge in [-0.25, -0.2) is 13.2 Å². The fourth-order valence-electron chi connectivity index (χ4n) is 3.75. The molecule has 0 radical (unpaired) electrons. The average Bonchev–Trinajstić information content (AvgIpc) is 3.01. The minimum Gasteiger partial charge on any atom is -0.482 e. The number of aliphatic carboxylic acids is 1. The monoisotopic (exact) mass is 490 g/mol. The third-order valence-electron chi connectivity index (χ3n) is 5.38. The van der Waals surface area contributed by atoms with Crippen LogP contribution in [0, 0.1) is 6.92 Å². The number of hydrogen-bond donors (Lipinski definition) is 2. The SMILES string of the molecule is Cc1cc(S(=O)(=O)Nc2ccc(Cl)c(-c3nnc4n3CCCCC4)c2)ccc1OCC(=O)O. The lowest BCUT2D eigenvalue weighted by atomic mass is 10.2. The van der Waals surface area contributed by atoms with Crippen LogP contribution < -0.4 is 9.46 Å². The number of hydrogen-bond acceptors (Lipinski definition) is 6. The molecule has 3 aromatic rings. The van der Waals surface area contributed by atoms with Crippen molar-refractivity contribution in [3.05, 3.63) is 52.8 Å². The van der Waals surface area contributed by atoms with Gasteiger partial charge < -0.3 is 14.4 Å². The number of carboxylic acid groups (broad SMARTS) is 1. The van der Waals surface area contributed by atoms with Crippen molar-refractivity contribution in [3.8, 4) is 17.1 Å². The predicted octanol–water partition coefficient (Wildman–Crippen LogP) is 3.90. The molecule has 9 nitrogen and oxygen atoms in total. The Morgan fingerprint density at radius 3 is 2.76 bits per heavy atom. The van der Waals surface area contributed by atoms with Gasteiger partial charge in [-0.3, -0.25) is 4.72 Å². The van der Waals surface area contributed by atoms with Gasteiger partial charge in [-0.2, -0.15) is 0 Å². The standard InChI is InChI=1S/C22H23ClN4O5S/c1-14-11-16(7-9-19(14)32-13-21(28)29)33(30,31)26-15-6-8-18(23)17(12-15)22-25-24-20-5-3-2-4-10-27(20)22/h6-9,11-12,26H,2-5,10,13H2,1H3,(H,28,29). The molecular weight excluding hydrogens is 468 g/mol. The van der Waals surface area contributed by atoms with Crippen molar-refractivity contribution in [1.82, 2.24) is 14.8 Å². The van der Waals surface area contributed by atoms with E-state index in [-0.39, 0.29) is 4.90 Å². The van der Waals surface area contributed by atoms with Gasteiger partial charge in [0.15, 0.2) is 12.4 Å². The van der Waals surface area contributed by atoms with E-state index in [0.29, 0.717) is 33.4 Å². The second-order valence-electron chi connectivity index (χ2n) is 7.81. The zero-order chi connectivity index (χ0) is 23.6. The number of aromatic nitrogens is 3. The fourth-order valence-corrected chi connectivity index (χ4v) is 5.09. The number of anilines is 1. The summed E-state index contributed by atoms with van der Waals surface area (Å²) in [5.41, 5.74) is 1.44. The molecule has 0 unspecified atom stereocenters. The number of halogens is 1. The lowest BCUT2D eigenvalue weighted by Gasteiger charge is -2.13. The first-order chi connectivity index (χ1) is 15.7. The highest BCUT2D eigenvalue weighted by molar-refractivity contribution is 7.92. The second-order valence-corrected chi connectivity index (χ2v) is 9.90. The van der Waals surface area contributed by atoms with Crippen LogP contribution >= 0.6 is 11.6 Å². The normalized spacial score (nSPS) is 13.8. The summed E-state index contributed by atoms with van der Waals surface area (Å²) in [7, 11) is -3.91. The number of aryl methyl sites for hydroxylation is 2. The molecule has 1 aliphatic heterocycles. The van der Waals surface area contributed by atoms with Crippen LogP contribution in [-0.2, 0) is 27.8 Å². The summed E-state index contributed by atoms with van der Waals surface area (Å²) in [5, 5.41) is 17.8. The quantitative estimate of drug-likeness (QED) is 0.514. The molecule has 0 aliphatic carbocycles. The molecule has 2 heterocycles. The number of nitrogens with zero attached hydrogens (tertiary/aromatic N) is 3. The number of carboxylic acids is 1. The molecule has 0 saturated heterocycles. The molecular formula is C22H23ClN4O5S. The maximum Gasteiger partial charge on any atom is 0.341 e. The molecule has 0 spiro atoms. The van der Waals surface area contributed by atoms with Crippen molar-refractivity contribution in [2.75, 3.05) is 11.3 Å². The summed E-state index contributed by atoms with van der Waals surface area (Å²) < 4.78 is 35.7. The molecule has 33 heavy (non-hydrogen) atoms. The van der Waals surface area contributed by atoms with Crippen molar-refractivity contribution in [2.45, 2.75) is 44.0 Å². The van der Waals surface area contributed by atoms with E-state index < -0.39 is 22.6 Å². The van der Waals surface area contributed by atoms with E-state index in [1.165, 1.54) is 18.2 Å². The average molecular weight is 491 g/mol. The summed E-state index contributed by atoms with van der Waals surface area (Å²) in [6.45, 7) is 1.93. The Labute approximate surface area is 196 Å². The molecule has 0 amide bonds. The van der Waals surface area contributed by atoms with Crippen molar-refractivity contribution >= 4 is 33.3 Å². The Morgan fingerprint density at radius 1 is 1.18 bits per heavy atom. The topological polar surface area (TPSA) is 123 Å². The van der Waals surface area contributed by atoms with Gasteiger partial charge in [-0.1, -0.05) is 18.0 Å². The molecule has 0 atom stereocenters.